The van der Waals surface area contributed by atoms with Gasteiger partial charge in [-0.15, -0.1) is 0 Å². The van der Waals surface area contributed by atoms with E-state index < -0.39 is 5.41 Å². The Morgan fingerprint density at radius 3 is 1.29 bits per heavy atom. The minimum Gasteiger partial charge on any atom is -0.310 e. The average Bonchev–Trinajstić information content (AvgIpc) is 3.75. The van der Waals surface area contributed by atoms with Crippen molar-refractivity contribution < 1.29 is 0 Å². The number of para-hydroxylation sites is 3. The molecule has 12 rings (SSSR count). The molecule has 2 nitrogen and oxygen atoms in total. The first-order chi connectivity index (χ1) is 34.2. The monoisotopic (exact) mass is 880 g/mol. The van der Waals surface area contributed by atoms with Gasteiger partial charge < -0.3 is 9.47 Å². The number of aromatic nitrogens is 1. The minimum absolute atomic E-state index is 0.473. The zero-order chi connectivity index (χ0) is 46.0. The van der Waals surface area contributed by atoms with Crippen LogP contribution in [0.4, 0.5) is 17.1 Å². The molecule has 326 valence electrons. The number of rotatable bonds is 11. The Morgan fingerprint density at radius 2 is 0.725 bits per heavy atom. The predicted octanol–water partition coefficient (Wildman–Crippen LogP) is 17.6. The summed E-state index contributed by atoms with van der Waals surface area (Å²) in [4.78, 5) is 2.33. The number of hydrogen-bond donors (Lipinski definition) is 0. The van der Waals surface area contributed by atoms with Crippen LogP contribution in [0.25, 0.3) is 61.5 Å². The molecular weight excluding hydrogens is 833 g/mol. The summed E-state index contributed by atoms with van der Waals surface area (Å²) in [6.45, 7) is 0. The number of hydrogen-bond acceptors (Lipinski definition) is 1. The first kappa shape index (κ1) is 41.5. The molecule has 0 radical (unpaired) electrons. The highest BCUT2D eigenvalue weighted by molar-refractivity contribution is 6.11. The lowest BCUT2D eigenvalue weighted by atomic mass is 9.65. The van der Waals surface area contributed by atoms with Gasteiger partial charge in [-0.05, 0) is 122 Å². The molecule has 0 spiro atoms. The van der Waals surface area contributed by atoms with Gasteiger partial charge in [-0.2, -0.15) is 0 Å². The van der Waals surface area contributed by atoms with Crippen molar-refractivity contribution in [3.8, 4) is 16.8 Å². The van der Waals surface area contributed by atoms with Gasteiger partial charge >= 0.3 is 0 Å². The summed E-state index contributed by atoms with van der Waals surface area (Å²) in [7, 11) is 0. The quantitative estimate of drug-likeness (QED) is 0.0928. The van der Waals surface area contributed by atoms with Gasteiger partial charge in [0.15, 0.2) is 0 Å². The van der Waals surface area contributed by atoms with E-state index in [1.807, 2.05) is 0 Å². The first-order valence-corrected chi connectivity index (χ1v) is 23.7. The molecule has 0 bridgehead atoms. The van der Waals surface area contributed by atoms with Crippen LogP contribution in [0, 0.1) is 0 Å². The first-order valence-electron chi connectivity index (χ1n) is 23.7. The van der Waals surface area contributed by atoms with E-state index in [1.165, 1.54) is 60.4 Å². The maximum Gasteiger partial charge on any atom is 0.0701 e. The van der Waals surface area contributed by atoms with Gasteiger partial charge in [0.2, 0.25) is 0 Å². The minimum atomic E-state index is -0.473. The standard InChI is InChI=1S/C67H48N2/c1-7-19-55(20-8-1)67(56-21-9-2-10-22-56,57-23-11-3-12-24-57)58-40-38-51(39-41-58)53-37-36-52-45-49(33-35-54(52)47-53)31-32-50-34-43-63-64-44-42-62(48-66(64)69(65(63)46-50)61-29-17-6-18-30-61)68(59-25-13-4-14-26-59)60-27-15-5-16-28-60/h1-48H. The van der Waals surface area contributed by atoms with E-state index in [0.717, 1.165) is 39.4 Å². The Balaban J connectivity index is 0.865. The van der Waals surface area contributed by atoms with Crippen LogP contribution in [0.2, 0.25) is 0 Å². The van der Waals surface area contributed by atoms with Gasteiger partial charge in [-0.3, -0.25) is 0 Å². The second-order valence-electron chi connectivity index (χ2n) is 17.7. The van der Waals surface area contributed by atoms with Crippen LogP contribution in [0.1, 0.15) is 33.4 Å². The maximum absolute atomic E-state index is 2.41. The fourth-order valence-electron chi connectivity index (χ4n) is 10.4. The van der Waals surface area contributed by atoms with E-state index in [9.17, 15) is 0 Å². The molecule has 0 amide bonds. The van der Waals surface area contributed by atoms with Crippen molar-refractivity contribution in [2.45, 2.75) is 5.41 Å². The second kappa shape index (κ2) is 18.0. The third-order valence-corrected chi connectivity index (χ3v) is 13.7. The van der Waals surface area contributed by atoms with E-state index in [0.29, 0.717) is 0 Å². The Labute approximate surface area is 404 Å². The Hall–Kier alpha value is -8.98. The smallest absolute Gasteiger partial charge is 0.0701 e. The molecule has 0 unspecified atom stereocenters. The molecule has 69 heavy (non-hydrogen) atoms. The fraction of sp³-hybridized carbons (Fsp3) is 0.0149. The molecule has 12 aromatic rings. The van der Waals surface area contributed by atoms with Crippen molar-refractivity contribution >= 4 is 61.8 Å². The van der Waals surface area contributed by atoms with Crippen molar-refractivity contribution in [2.24, 2.45) is 0 Å². The van der Waals surface area contributed by atoms with Crippen LogP contribution in [0.15, 0.2) is 279 Å². The molecule has 0 saturated heterocycles. The third kappa shape index (κ3) is 7.68. The van der Waals surface area contributed by atoms with Crippen LogP contribution < -0.4 is 4.90 Å². The van der Waals surface area contributed by atoms with Crippen molar-refractivity contribution in [2.75, 3.05) is 4.90 Å². The molecule has 0 aliphatic heterocycles. The maximum atomic E-state index is 2.41. The normalized spacial score (nSPS) is 11.7. The van der Waals surface area contributed by atoms with Crippen LogP contribution in [-0.4, -0.2) is 4.57 Å². The molecule has 0 atom stereocenters. The van der Waals surface area contributed by atoms with Crippen molar-refractivity contribution in [3.63, 3.8) is 0 Å². The molecule has 0 aliphatic rings. The Bertz CT molecular complexity index is 3590. The van der Waals surface area contributed by atoms with Crippen LogP contribution >= 0.6 is 0 Å². The molecule has 1 heterocycles. The summed E-state index contributed by atoms with van der Waals surface area (Å²) in [5.41, 5.74) is 16.0. The zero-order valence-electron chi connectivity index (χ0n) is 38.1. The van der Waals surface area contributed by atoms with E-state index in [-0.39, 0.29) is 0 Å². The molecule has 0 aliphatic carbocycles. The van der Waals surface area contributed by atoms with Crippen molar-refractivity contribution in [3.05, 3.63) is 312 Å². The lowest BCUT2D eigenvalue weighted by Gasteiger charge is -2.37. The second-order valence-corrected chi connectivity index (χ2v) is 17.7. The SMILES string of the molecule is C(=Cc1ccc2c3ccc(N(c4ccccc4)c4ccccc4)cc3n(-c3ccccc3)c2c1)c1ccc2cc(-c3ccc(C(c4ccccc4)(c4ccccc4)c4ccccc4)cc3)ccc2c1. The van der Waals surface area contributed by atoms with Gasteiger partial charge in [0.25, 0.3) is 0 Å². The summed E-state index contributed by atoms with van der Waals surface area (Å²) in [6.07, 6.45) is 4.47. The third-order valence-electron chi connectivity index (χ3n) is 13.7. The van der Waals surface area contributed by atoms with Gasteiger partial charge in [-0.25, -0.2) is 0 Å². The Morgan fingerprint density at radius 1 is 0.304 bits per heavy atom. The summed E-state index contributed by atoms with van der Waals surface area (Å²) >= 11 is 0. The van der Waals surface area contributed by atoms with Crippen LogP contribution in [0.3, 0.4) is 0 Å². The zero-order valence-corrected chi connectivity index (χ0v) is 38.1. The highest BCUT2D eigenvalue weighted by atomic mass is 15.1. The predicted molar refractivity (Wildman–Crippen MR) is 292 cm³/mol. The van der Waals surface area contributed by atoms with Gasteiger partial charge in [0.1, 0.15) is 0 Å². The van der Waals surface area contributed by atoms with E-state index >= 15 is 0 Å². The number of nitrogens with zero attached hydrogens (tertiary/aromatic N) is 2. The lowest BCUT2D eigenvalue weighted by Crippen LogP contribution is -2.30. The van der Waals surface area contributed by atoms with Gasteiger partial charge in [-0.1, -0.05) is 224 Å². The molecule has 1 aromatic heterocycles. The van der Waals surface area contributed by atoms with Crippen molar-refractivity contribution in [1.29, 1.82) is 0 Å². The number of anilines is 3. The Kier molecular flexibility index (Phi) is 10.8. The highest BCUT2D eigenvalue weighted by Crippen LogP contribution is 2.46. The summed E-state index contributed by atoms with van der Waals surface area (Å²) in [6, 6.07) is 101. The van der Waals surface area contributed by atoms with Crippen LogP contribution in [0.5, 0.6) is 0 Å². The molecule has 0 fully saturated rings. The van der Waals surface area contributed by atoms with Crippen LogP contribution in [-0.2, 0) is 5.41 Å². The van der Waals surface area contributed by atoms with E-state index in [4.69, 9.17) is 0 Å². The van der Waals surface area contributed by atoms with E-state index in [1.54, 1.807) is 0 Å². The topological polar surface area (TPSA) is 8.17 Å². The van der Waals surface area contributed by atoms with Crippen molar-refractivity contribution in [1.82, 2.24) is 4.57 Å². The number of benzene rings is 11. The van der Waals surface area contributed by atoms with Gasteiger partial charge in [0, 0.05) is 33.5 Å². The summed E-state index contributed by atoms with van der Waals surface area (Å²) in [5.74, 6) is 0. The molecule has 2 heteroatoms. The van der Waals surface area contributed by atoms with E-state index in [2.05, 4.69) is 301 Å². The molecular formula is C67H48N2. The largest absolute Gasteiger partial charge is 0.310 e. The lowest BCUT2D eigenvalue weighted by molar-refractivity contribution is 0.745. The number of fused-ring (bicyclic) bond motifs is 4. The summed E-state index contributed by atoms with van der Waals surface area (Å²) in [5, 5.41) is 4.87. The van der Waals surface area contributed by atoms with Gasteiger partial charge in [0.05, 0.1) is 16.4 Å². The fourth-order valence-corrected chi connectivity index (χ4v) is 10.4. The molecule has 0 saturated carbocycles. The molecule has 0 N–H and O–H groups in total. The average molecular weight is 881 g/mol. The molecule has 11 aromatic carbocycles. The summed E-state index contributed by atoms with van der Waals surface area (Å²) < 4.78 is 2.41. The highest BCUT2D eigenvalue weighted by Gasteiger charge is 2.38.